The molecule has 1 saturated heterocycles. The summed E-state index contributed by atoms with van der Waals surface area (Å²) < 4.78 is 0. The molecule has 1 fully saturated rings. The van der Waals surface area contributed by atoms with Gasteiger partial charge in [0.2, 0.25) is 5.91 Å². The van der Waals surface area contributed by atoms with Crippen molar-refractivity contribution in [2.24, 2.45) is 0 Å². The summed E-state index contributed by atoms with van der Waals surface area (Å²) in [6.45, 7) is 1.73. The standard InChI is InChI=1S/C11H15N3O2/c1-13-5-6-14(7-10(13)16)11-9(8-15)3-2-4-12-11/h2-4,15H,5-8H2,1H3. The zero-order valence-electron chi connectivity index (χ0n) is 9.26. The highest BCUT2D eigenvalue weighted by Gasteiger charge is 2.23. The van der Waals surface area contributed by atoms with E-state index >= 15 is 0 Å². The summed E-state index contributed by atoms with van der Waals surface area (Å²) in [7, 11) is 1.80. The highest BCUT2D eigenvalue weighted by atomic mass is 16.3. The molecule has 0 atom stereocenters. The number of amides is 1. The summed E-state index contributed by atoms with van der Waals surface area (Å²) in [5.74, 6) is 0.798. The smallest absolute Gasteiger partial charge is 0.241 e. The van der Waals surface area contributed by atoms with Gasteiger partial charge in [0.25, 0.3) is 0 Å². The third-order valence-electron chi connectivity index (χ3n) is 2.79. The lowest BCUT2D eigenvalue weighted by molar-refractivity contribution is -0.129. The van der Waals surface area contributed by atoms with Gasteiger partial charge in [0.15, 0.2) is 0 Å². The second-order valence-electron chi connectivity index (χ2n) is 3.88. The van der Waals surface area contributed by atoms with Crippen molar-refractivity contribution in [3.8, 4) is 0 Å². The average molecular weight is 221 g/mol. The molecule has 0 unspecified atom stereocenters. The molecule has 0 radical (unpaired) electrons. The molecule has 0 saturated carbocycles. The molecule has 0 spiro atoms. The molecule has 0 bridgehead atoms. The number of hydrogen-bond donors (Lipinski definition) is 1. The molecule has 1 aromatic heterocycles. The fourth-order valence-electron chi connectivity index (χ4n) is 1.78. The van der Waals surface area contributed by atoms with Gasteiger partial charge in [-0.3, -0.25) is 4.79 Å². The molecule has 5 nitrogen and oxygen atoms in total. The van der Waals surface area contributed by atoms with Crippen LogP contribution in [-0.4, -0.2) is 47.6 Å². The summed E-state index contributed by atoms with van der Waals surface area (Å²) in [5, 5.41) is 9.20. The number of likely N-dealkylation sites (N-methyl/N-ethyl adjacent to an activating group) is 1. The van der Waals surface area contributed by atoms with E-state index in [2.05, 4.69) is 4.98 Å². The van der Waals surface area contributed by atoms with Crippen LogP contribution in [0.4, 0.5) is 5.82 Å². The molecule has 1 aliphatic heterocycles. The van der Waals surface area contributed by atoms with Crippen LogP contribution in [0.5, 0.6) is 0 Å². The number of carbonyl (C=O) groups is 1. The van der Waals surface area contributed by atoms with Crippen molar-refractivity contribution in [2.75, 3.05) is 31.6 Å². The Kier molecular flexibility index (Phi) is 3.05. The number of aromatic nitrogens is 1. The Labute approximate surface area is 94.3 Å². The van der Waals surface area contributed by atoms with Gasteiger partial charge < -0.3 is 14.9 Å². The Hall–Kier alpha value is -1.62. The molecule has 1 N–H and O–H groups in total. The first kappa shape index (κ1) is 10.9. The van der Waals surface area contributed by atoms with Crippen LogP contribution in [0.2, 0.25) is 0 Å². The molecule has 86 valence electrons. The van der Waals surface area contributed by atoms with Gasteiger partial charge in [0.1, 0.15) is 5.82 Å². The van der Waals surface area contributed by atoms with Crippen LogP contribution in [-0.2, 0) is 11.4 Å². The van der Waals surface area contributed by atoms with Crippen molar-refractivity contribution in [1.82, 2.24) is 9.88 Å². The van der Waals surface area contributed by atoms with Crippen molar-refractivity contribution < 1.29 is 9.90 Å². The molecule has 0 aromatic carbocycles. The molecule has 0 aliphatic carbocycles. The third kappa shape index (κ3) is 1.99. The van der Waals surface area contributed by atoms with Crippen molar-refractivity contribution in [2.45, 2.75) is 6.61 Å². The van der Waals surface area contributed by atoms with E-state index in [-0.39, 0.29) is 12.5 Å². The Balaban J connectivity index is 2.21. The molecule has 2 heterocycles. The highest BCUT2D eigenvalue weighted by molar-refractivity contribution is 5.82. The molecule has 5 heteroatoms. The molecule has 16 heavy (non-hydrogen) atoms. The zero-order valence-corrected chi connectivity index (χ0v) is 9.26. The predicted octanol–water partition coefficient (Wildman–Crippen LogP) is -0.148. The van der Waals surface area contributed by atoms with Gasteiger partial charge >= 0.3 is 0 Å². The first-order chi connectivity index (χ1) is 7.72. The topological polar surface area (TPSA) is 56.7 Å². The lowest BCUT2D eigenvalue weighted by Crippen LogP contribution is -2.49. The van der Waals surface area contributed by atoms with Gasteiger partial charge in [-0.05, 0) is 6.07 Å². The van der Waals surface area contributed by atoms with Gasteiger partial charge in [-0.25, -0.2) is 4.98 Å². The SMILES string of the molecule is CN1CCN(c2ncccc2CO)CC1=O. The van der Waals surface area contributed by atoms with Crippen molar-refractivity contribution in [1.29, 1.82) is 0 Å². The van der Waals surface area contributed by atoms with Crippen LogP contribution in [0, 0.1) is 0 Å². The minimum Gasteiger partial charge on any atom is -0.392 e. The fraction of sp³-hybridized carbons (Fsp3) is 0.455. The van der Waals surface area contributed by atoms with Gasteiger partial charge in [-0.15, -0.1) is 0 Å². The maximum atomic E-state index is 11.6. The molecular weight excluding hydrogens is 206 g/mol. The summed E-state index contributed by atoms with van der Waals surface area (Å²) in [6.07, 6.45) is 1.68. The molecular formula is C11H15N3O2. The summed E-state index contributed by atoms with van der Waals surface area (Å²) in [6, 6.07) is 3.61. The number of piperazine rings is 1. The fourth-order valence-corrected chi connectivity index (χ4v) is 1.78. The van der Waals surface area contributed by atoms with E-state index in [0.29, 0.717) is 18.9 Å². The first-order valence-electron chi connectivity index (χ1n) is 5.26. The lowest BCUT2D eigenvalue weighted by Gasteiger charge is -2.33. The maximum Gasteiger partial charge on any atom is 0.241 e. The second-order valence-corrected chi connectivity index (χ2v) is 3.88. The Morgan fingerprint density at radius 3 is 3.00 bits per heavy atom. The number of rotatable bonds is 2. The molecule has 1 aliphatic rings. The van der Waals surface area contributed by atoms with Crippen LogP contribution in [0.25, 0.3) is 0 Å². The van der Waals surface area contributed by atoms with Gasteiger partial charge in [-0.2, -0.15) is 0 Å². The van der Waals surface area contributed by atoms with E-state index < -0.39 is 0 Å². The van der Waals surface area contributed by atoms with Crippen molar-refractivity contribution >= 4 is 11.7 Å². The summed E-state index contributed by atoms with van der Waals surface area (Å²) in [4.78, 5) is 19.4. The predicted molar refractivity (Wildman–Crippen MR) is 60.0 cm³/mol. The Morgan fingerprint density at radius 1 is 1.50 bits per heavy atom. The quantitative estimate of drug-likeness (QED) is 0.754. The highest BCUT2D eigenvalue weighted by Crippen LogP contribution is 2.18. The van der Waals surface area contributed by atoms with E-state index in [1.54, 1.807) is 24.2 Å². The van der Waals surface area contributed by atoms with Crippen LogP contribution < -0.4 is 4.90 Å². The third-order valence-corrected chi connectivity index (χ3v) is 2.79. The van der Waals surface area contributed by atoms with Gasteiger partial charge in [0, 0.05) is 31.9 Å². The normalized spacial score (nSPS) is 16.8. The van der Waals surface area contributed by atoms with Crippen LogP contribution in [0.3, 0.4) is 0 Å². The van der Waals surface area contributed by atoms with Crippen molar-refractivity contribution in [3.05, 3.63) is 23.9 Å². The number of hydrogen-bond acceptors (Lipinski definition) is 4. The van der Waals surface area contributed by atoms with Crippen LogP contribution in [0.15, 0.2) is 18.3 Å². The number of aliphatic hydroxyl groups excluding tert-OH is 1. The van der Waals surface area contributed by atoms with Crippen LogP contribution >= 0.6 is 0 Å². The molecule has 1 aromatic rings. The number of anilines is 1. The van der Waals surface area contributed by atoms with Gasteiger partial charge in [-0.1, -0.05) is 6.07 Å². The van der Waals surface area contributed by atoms with Gasteiger partial charge in [0.05, 0.1) is 13.2 Å². The Morgan fingerprint density at radius 2 is 2.31 bits per heavy atom. The maximum absolute atomic E-state index is 11.6. The number of nitrogens with zero attached hydrogens (tertiary/aromatic N) is 3. The minimum absolute atomic E-state index is 0.0519. The number of aliphatic hydroxyl groups is 1. The van der Waals surface area contributed by atoms with E-state index in [0.717, 1.165) is 12.1 Å². The monoisotopic (exact) mass is 221 g/mol. The van der Waals surface area contributed by atoms with E-state index in [4.69, 9.17) is 0 Å². The molecule has 1 amide bonds. The number of pyridine rings is 1. The van der Waals surface area contributed by atoms with E-state index in [1.165, 1.54) is 0 Å². The van der Waals surface area contributed by atoms with E-state index in [9.17, 15) is 9.90 Å². The zero-order chi connectivity index (χ0) is 11.5. The second kappa shape index (κ2) is 4.49. The minimum atomic E-state index is -0.0519. The first-order valence-corrected chi connectivity index (χ1v) is 5.26. The Bertz CT molecular complexity index is 395. The summed E-state index contributed by atoms with van der Waals surface area (Å²) >= 11 is 0. The average Bonchev–Trinajstić information content (AvgIpc) is 2.32. The largest absolute Gasteiger partial charge is 0.392 e. The van der Waals surface area contributed by atoms with Crippen LogP contribution in [0.1, 0.15) is 5.56 Å². The number of carbonyl (C=O) groups excluding carboxylic acids is 1. The molecule has 2 rings (SSSR count). The van der Waals surface area contributed by atoms with Crippen molar-refractivity contribution in [3.63, 3.8) is 0 Å². The lowest BCUT2D eigenvalue weighted by atomic mass is 10.2. The summed E-state index contributed by atoms with van der Waals surface area (Å²) in [5.41, 5.74) is 0.764. The van der Waals surface area contributed by atoms with E-state index in [1.807, 2.05) is 11.0 Å².